The Hall–Kier alpha value is -0.540. The van der Waals surface area contributed by atoms with E-state index in [1.54, 1.807) is 6.07 Å². The third kappa shape index (κ3) is 3.99. The van der Waals surface area contributed by atoms with Crippen LogP contribution in [-0.2, 0) is 13.1 Å². The van der Waals surface area contributed by atoms with Crippen LogP contribution in [0, 0.1) is 0 Å². The lowest BCUT2D eigenvalue weighted by atomic mass is 10.2. The zero-order valence-electron chi connectivity index (χ0n) is 9.59. The number of halogens is 3. The summed E-state index contributed by atoms with van der Waals surface area (Å²) in [6, 6.07) is 13.7. The van der Waals surface area contributed by atoms with E-state index in [0.29, 0.717) is 11.6 Å². The Morgan fingerprint density at radius 3 is 2.61 bits per heavy atom. The summed E-state index contributed by atoms with van der Waals surface area (Å²) < 4.78 is 1.09. The van der Waals surface area contributed by atoms with Gasteiger partial charge in [-0.05, 0) is 41.5 Å². The molecule has 4 heteroatoms. The molecule has 0 aliphatic rings. The molecule has 0 aliphatic carbocycles. The van der Waals surface area contributed by atoms with Gasteiger partial charge in [-0.1, -0.05) is 51.3 Å². The molecule has 94 valence electrons. The number of rotatable bonds is 4. The molecular formula is C14H12BrCl2N. The first-order valence-electron chi connectivity index (χ1n) is 5.54. The largest absolute Gasteiger partial charge is 0.309 e. The van der Waals surface area contributed by atoms with E-state index in [9.17, 15) is 0 Å². The summed E-state index contributed by atoms with van der Waals surface area (Å²) in [5.74, 6) is 0. The zero-order chi connectivity index (χ0) is 13.0. The molecule has 2 rings (SSSR count). The van der Waals surface area contributed by atoms with Gasteiger partial charge in [0.15, 0.2) is 0 Å². The molecule has 0 heterocycles. The normalized spacial score (nSPS) is 10.6. The van der Waals surface area contributed by atoms with E-state index in [1.165, 1.54) is 5.56 Å². The van der Waals surface area contributed by atoms with Crippen LogP contribution < -0.4 is 5.32 Å². The van der Waals surface area contributed by atoms with Crippen molar-refractivity contribution in [3.8, 4) is 0 Å². The summed E-state index contributed by atoms with van der Waals surface area (Å²) in [6.45, 7) is 1.49. The topological polar surface area (TPSA) is 12.0 Å². The van der Waals surface area contributed by atoms with Gasteiger partial charge in [0.05, 0.1) is 0 Å². The minimum atomic E-state index is 0.700. The first-order valence-corrected chi connectivity index (χ1v) is 7.09. The molecule has 1 N–H and O–H groups in total. The van der Waals surface area contributed by atoms with Crippen LogP contribution in [0.15, 0.2) is 46.9 Å². The number of nitrogens with one attached hydrogen (secondary N) is 1. The van der Waals surface area contributed by atoms with Crippen LogP contribution in [0.5, 0.6) is 0 Å². The summed E-state index contributed by atoms with van der Waals surface area (Å²) in [5, 5.41) is 4.79. The van der Waals surface area contributed by atoms with Gasteiger partial charge in [0.2, 0.25) is 0 Å². The predicted molar refractivity (Wildman–Crippen MR) is 81.1 cm³/mol. The average molecular weight is 345 g/mol. The van der Waals surface area contributed by atoms with E-state index in [1.807, 2.05) is 24.3 Å². The molecule has 0 saturated heterocycles. The first kappa shape index (κ1) is 13.9. The average Bonchev–Trinajstić information content (AvgIpc) is 2.34. The van der Waals surface area contributed by atoms with Crippen LogP contribution in [0.25, 0.3) is 0 Å². The molecule has 2 aromatic rings. The van der Waals surface area contributed by atoms with Crippen LogP contribution in [0.3, 0.4) is 0 Å². The smallest absolute Gasteiger partial charge is 0.0451 e. The lowest BCUT2D eigenvalue weighted by Gasteiger charge is -2.07. The summed E-state index contributed by atoms with van der Waals surface area (Å²) in [5.41, 5.74) is 2.24. The Kier molecular flexibility index (Phi) is 5.07. The van der Waals surface area contributed by atoms with Crippen LogP contribution >= 0.6 is 39.1 Å². The van der Waals surface area contributed by atoms with E-state index >= 15 is 0 Å². The molecule has 0 unspecified atom stereocenters. The van der Waals surface area contributed by atoms with Crippen molar-refractivity contribution in [2.45, 2.75) is 13.1 Å². The van der Waals surface area contributed by atoms with Gasteiger partial charge >= 0.3 is 0 Å². The Morgan fingerprint density at radius 1 is 1.00 bits per heavy atom. The van der Waals surface area contributed by atoms with Gasteiger partial charge in [-0.2, -0.15) is 0 Å². The first-order chi connectivity index (χ1) is 8.65. The second-order valence-corrected chi connectivity index (χ2v) is 5.73. The quantitative estimate of drug-likeness (QED) is 0.818. The predicted octanol–water partition coefficient (Wildman–Crippen LogP) is 5.05. The lowest BCUT2D eigenvalue weighted by Crippen LogP contribution is -2.12. The molecule has 0 saturated carbocycles. The van der Waals surface area contributed by atoms with Crippen molar-refractivity contribution in [1.29, 1.82) is 0 Å². The molecule has 0 spiro atoms. The van der Waals surface area contributed by atoms with Gasteiger partial charge in [-0.15, -0.1) is 0 Å². The van der Waals surface area contributed by atoms with Crippen molar-refractivity contribution in [3.63, 3.8) is 0 Å². The second kappa shape index (κ2) is 6.58. The van der Waals surface area contributed by atoms with Gasteiger partial charge in [0.1, 0.15) is 0 Å². The summed E-state index contributed by atoms with van der Waals surface area (Å²) in [4.78, 5) is 0. The molecule has 0 aliphatic heterocycles. The fraction of sp³-hybridized carbons (Fsp3) is 0.143. The van der Waals surface area contributed by atoms with Gasteiger partial charge in [-0.3, -0.25) is 0 Å². The molecule has 0 atom stereocenters. The van der Waals surface area contributed by atoms with Gasteiger partial charge in [0.25, 0.3) is 0 Å². The maximum atomic E-state index is 6.10. The van der Waals surface area contributed by atoms with E-state index in [2.05, 4.69) is 33.4 Å². The summed E-state index contributed by atoms with van der Waals surface area (Å²) >= 11 is 15.5. The maximum absolute atomic E-state index is 6.10. The lowest BCUT2D eigenvalue weighted by molar-refractivity contribution is 0.693. The number of hydrogen-bond donors (Lipinski definition) is 1. The fourth-order valence-corrected chi connectivity index (χ4v) is 2.49. The Bertz CT molecular complexity index is 543. The highest BCUT2D eigenvalue weighted by atomic mass is 79.9. The summed E-state index contributed by atoms with van der Waals surface area (Å²) in [7, 11) is 0. The highest BCUT2D eigenvalue weighted by Gasteiger charge is 2.01. The van der Waals surface area contributed by atoms with E-state index < -0.39 is 0 Å². The van der Waals surface area contributed by atoms with Crippen LogP contribution in [0.4, 0.5) is 0 Å². The molecule has 1 nitrogen and oxygen atoms in total. The van der Waals surface area contributed by atoms with Crippen LogP contribution in [0.2, 0.25) is 10.0 Å². The third-order valence-electron chi connectivity index (χ3n) is 2.54. The van der Waals surface area contributed by atoms with E-state index in [-0.39, 0.29) is 0 Å². The van der Waals surface area contributed by atoms with Crippen LogP contribution in [0.1, 0.15) is 11.1 Å². The second-order valence-electron chi connectivity index (χ2n) is 3.97. The van der Waals surface area contributed by atoms with Crippen molar-refractivity contribution in [2.24, 2.45) is 0 Å². The Balaban J connectivity index is 1.94. The van der Waals surface area contributed by atoms with Crippen LogP contribution in [-0.4, -0.2) is 0 Å². The van der Waals surface area contributed by atoms with Crippen molar-refractivity contribution in [3.05, 3.63) is 68.1 Å². The Morgan fingerprint density at radius 2 is 1.83 bits per heavy atom. The molecule has 18 heavy (non-hydrogen) atoms. The maximum Gasteiger partial charge on any atom is 0.0451 e. The number of benzene rings is 2. The molecule has 2 aromatic carbocycles. The minimum Gasteiger partial charge on any atom is -0.309 e. The zero-order valence-corrected chi connectivity index (χ0v) is 12.7. The van der Waals surface area contributed by atoms with Crippen molar-refractivity contribution >= 4 is 39.1 Å². The highest BCUT2D eigenvalue weighted by Crippen LogP contribution is 2.20. The molecule has 0 fully saturated rings. The van der Waals surface area contributed by atoms with Crippen molar-refractivity contribution in [2.75, 3.05) is 0 Å². The monoisotopic (exact) mass is 343 g/mol. The van der Waals surface area contributed by atoms with E-state index in [0.717, 1.165) is 21.6 Å². The highest BCUT2D eigenvalue weighted by molar-refractivity contribution is 9.10. The summed E-state index contributed by atoms with van der Waals surface area (Å²) in [6.07, 6.45) is 0. The standard InChI is InChI=1S/C14H12BrCl2N/c15-12-3-1-2-10(6-12)8-18-9-11-7-13(16)4-5-14(11)17/h1-7,18H,8-9H2. The van der Waals surface area contributed by atoms with Gasteiger partial charge in [-0.25, -0.2) is 0 Å². The van der Waals surface area contributed by atoms with Gasteiger partial charge in [0, 0.05) is 27.6 Å². The number of hydrogen-bond acceptors (Lipinski definition) is 1. The molecule has 0 radical (unpaired) electrons. The van der Waals surface area contributed by atoms with Crippen molar-refractivity contribution < 1.29 is 0 Å². The molecule has 0 amide bonds. The fourth-order valence-electron chi connectivity index (χ4n) is 1.67. The Labute approximate surface area is 125 Å². The molecule has 0 bridgehead atoms. The van der Waals surface area contributed by atoms with E-state index in [4.69, 9.17) is 23.2 Å². The minimum absolute atomic E-state index is 0.700. The van der Waals surface area contributed by atoms with Gasteiger partial charge < -0.3 is 5.32 Å². The SMILES string of the molecule is Clc1ccc(Cl)c(CNCc2cccc(Br)c2)c1. The third-order valence-corrected chi connectivity index (χ3v) is 3.64. The molecule has 0 aromatic heterocycles. The van der Waals surface area contributed by atoms with Crippen molar-refractivity contribution in [1.82, 2.24) is 5.32 Å². The molecular weight excluding hydrogens is 333 g/mol.